The number of rotatable bonds is 6. The molecule has 0 saturated carbocycles. The Hall–Kier alpha value is -1.60. The Morgan fingerprint density at radius 2 is 2.09 bits per heavy atom. The summed E-state index contributed by atoms with van der Waals surface area (Å²) >= 11 is 0. The molecule has 1 fully saturated rings. The van der Waals surface area contributed by atoms with Crippen LogP contribution in [0.25, 0.3) is 0 Å². The molecule has 128 valence electrons. The van der Waals surface area contributed by atoms with E-state index in [1.807, 2.05) is 36.2 Å². The van der Waals surface area contributed by atoms with Crippen molar-refractivity contribution in [2.24, 2.45) is 0 Å². The molecule has 1 saturated heterocycles. The first-order valence-corrected chi connectivity index (χ1v) is 9.37. The Bertz CT molecular complexity index is 674. The predicted octanol–water partition coefficient (Wildman–Crippen LogP) is 0.820. The van der Waals surface area contributed by atoms with Gasteiger partial charge in [0.1, 0.15) is 5.75 Å². The zero-order chi connectivity index (χ0) is 17.1. The van der Waals surface area contributed by atoms with Crippen LogP contribution in [0.2, 0.25) is 0 Å². The fraction of sp³-hybridized carbons (Fsp3) is 0.562. The number of carbonyl (C=O) groups excluding carboxylic acids is 1. The average molecular weight is 340 g/mol. The molecule has 0 aliphatic carbocycles. The highest BCUT2D eigenvalue weighted by Gasteiger charge is 2.39. The number of methoxy groups -OCH3 is 1. The summed E-state index contributed by atoms with van der Waals surface area (Å²) in [6, 6.07) is 7.67. The molecule has 1 atom stereocenters. The van der Waals surface area contributed by atoms with Crippen molar-refractivity contribution in [2.75, 3.05) is 32.2 Å². The summed E-state index contributed by atoms with van der Waals surface area (Å²) in [5, 5.41) is 2.87. The number of nitrogens with zero attached hydrogens (tertiary/aromatic N) is 1. The van der Waals surface area contributed by atoms with E-state index >= 15 is 0 Å². The molecule has 0 spiro atoms. The van der Waals surface area contributed by atoms with Crippen molar-refractivity contribution in [1.82, 2.24) is 10.2 Å². The van der Waals surface area contributed by atoms with Crippen LogP contribution in [0.4, 0.5) is 0 Å². The first kappa shape index (κ1) is 17.7. The normalized spacial score (nSPS) is 23.0. The van der Waals surface area contributed by atoms with Crippen molar-refractivity contribution in [1.29, 1.82) is 0 Å². The number of amides is 1. The largest absolute Gasteiger partial charge is 0.496 e. The van der Waals surface area contributed by atoms with Gasteiger partial charge in [0.05, 0.1) is 30.7 Å². The van der Waals surface area contributed by atoms with Crippen LogP contribution in [0.5, 0.6) is 5.75 Å². The third kappa shape index (κ3) is 4.94. The molecule has 0 radical (unpaired) electrons. The molecule has 1 aliphatic heterocycles. The predicted molar refractivity (Wildman–Crippen MR) is 89.1 cm³/mol. The molecule has 0 unspecified atom stereocenters. The Morgan fingerprint density at radius 3 is 2.70 bits per heavy atom. The summed E-state index contributed by atoms with van der Waals surface area (Å²) in [4.78, 5) is 14.1. The third-order valence-corrected chi connectivity index (χ3v) is 5.89. The SMILES string of the molecule is COc1ccccc1CN(C)CC(=O)N[C@@]1(C)CCS(=O)(=O)C1. The van der Waals surface area contributed by atoms with Gasteiger partial charge in [0.2, 0.25) is 5.91 Å². The maximum Gasteiger partial charge on any atom is 0.234 e. The molecule has 1 aliphatic rings. The number of hydrogen-bond donors (Lipinski definition) is 1. The molecule has 7 heteroatoms. The molecular formula is C16H24N2O4S. The van der Waals surface area contributed by atoms with Crippen LogP contribution in [-0.2, 0) is 21.2 Å². The molecular weight excluding hydrogens is 316 g/mol. The molecule has 1 heterocycles. The Morgan fingerprint density at radius 1 is 1.39 bits per heavy atom. The number of hydrogen-bond acceptors (Lipinski definition) is 5. The lowest BCUT2D eigenvalue weighted by Gasteiger charge is -2.26. The van der Waals surface area contributed by atoms with Gasteiger partial charge in [-0.05, 0) is 26.5 Å². The number of nitrogens with one attached hydrogen (secondary N) is 1. The van der Waals surface area contributed by atoms with Gasteiger partial charge in [-0.3, -0.25) is 9.69 Å². The van der Waals surface area contributed by atoms with Crippen LogP contribution in [-0.4, -0.2) is 57.0 Å². The van der Waals surface area contributed by atoms with Gasteiger partial charge in [0.25, 0.3) is 0 Å². The van der Waals surface area contributed by atoms with Crippen LogP contribution in [0, 0.1) is 0 Å². The van der Waals surface area contributed by atoms with E-state index in [9.17, 15) is 13.2 Å². The van der Waals surface area contributed by atoms with E-state index in [1.54, 1.807) is 14.0 Å². The standard InChI is InChI=1S/C16H24N2O4S/c1-16(8-9-23(20,21)12-16)17-15(19)11-18(2)10-13-6-4-5-7-14(13)22-3/h4-7H,8-12H2,1-3H3,(H,17,19)/t16-/m0/s1. The van der Waals surface area contributed by atoms with Gasteiger partial charge in [-0.25, -0.2) is 8.42 Å². The number of carbonyl (C=O) groups is 1. The number of benzene rings is 1. The van der Waals surface area contributed by atoms with Gasteiger partial charge >= 0.3 is 0 Å². The molecule has 0 aromatic heterocycles. The zero-order valence-electron chi connectivity index (χ0n) is 13.8. The van der Waals surface area contributed by atoms with E-state index in [0.717, 1.165) is 11.3 Å². The smallest absolute Gasteiger partial charge is 0.234 e. The second kappa shape index (κ2) is 6.88. The van der Waals surface area contributed by atoms with Crippen LogP contribution in [0.15, 0.2) is 24.3 Å². The van der Waals surface area contributed by atoms with Gasteiger partial charge in [0, 0.05) is 12.1 Å². The summed E-state index contributed by atoms with van der Waals surface area (Å²) < 4.78 is 28.5. The monoisotopic (exact) mass is 340 g/mol. The lowest BCUT2D eigenvalue weighted by molar-refractivity contribution is -0.123. The molecule has 2 rings (SSSR count). The lowest BCUT2D eigenvalue weighted by atomic mass is 10.0. The van der Waals surface area contributed by atoms with Crippen molar-refractivity contribution in [3.63, 3.8) is 0 Å². The Labute approximate surface area is 137 Å². The van der Waals surface area contributed by atoms with E-state index < -0.39 is 15.4 Å². The van der Waals surface area contributed by atoms with Crippen molar-refractivity contribution >= 4 is 15.7 Å². The average Bonchev–Trinajstić information content (AvgIpc) is 2.72. The van der Waals surface area contributed by atoms with E-state index in [1.165, 1.54) is 0 Å². The zero-order valence-corrected chi connectivity index (χ0v) is 14.6. The summed E-state index contributed by atoms with van der Waals surface area (Å²) in [6.07, 6.45) is 0.470. The second-order valence-corrected chi connectivity index (χ2v) is 8.62. The highest BCUT2D eigenvalue weighted by atomic mass is 32.2. The van der Waals surface area contributed by atoms with E-state index in [-0.39, 0.29) is 24.0 Å². The summed E-state index contributed by atoms with van der Waals surface area (Å²) in [5.74, 6) is 0.776. The summed E-state index contributed by atoms with van der Waals surface area (Å²) in [5.41, 5.74) is 0.348. The molecule has 1 amide bonds. The fourth-order valence-electron chi connectivity index (χ4n) is 2.91. The maximum atomic E-state index is 12.2. The molecule has 1 N–H and O–H groups in total. The first-order valence-electron chi connectivity index (χ1n) is 7.55. The molecule has 1 aromatic carbocycles. The molecule has 0 bridgehead atoms. The minimum atomic E-state index is -3.03. The van der Waals surface area contributed by atoms with E-state index in [4.69, 9.17) is 4.74 Å². The summed E-state index contributed by atoms with van der Waals surface area (Å²) in [6.45, 7) is 2.57. The molecule has 23 heavy (non-hydrogen) atoms. The van der Waals surface area contributed by atoms with Crippen LogP contribution in [0.1, 0.15) is 18.9 Å². The third-order valence-electron chi connectivity index (χ3n) is 3.99. The van der Waals surface area contributed by atoms with Crippen molar-refractivity contribution in [2.45, 2.75) is 25.4 Å². The van der Waals surface area contributed by atoms with Crippen LogP contribution < -0.4 is 10.1 Å². The second-order valence-electron chi connectivity index (χ2n) is 6.44. The quantitative estimate of drug-likeness (QED) is 0.830. The van der Waals surface area contributed by atoms with Gasteiger partial charge in [-0.2, -0.15) is 0 Å². The van der Waals surface area contributed by atoms with Crippen molar-refractivity contribution < 1.29 is 17.9 Å². The number of ether oxygens (including phenoxy) is 1. The topological polar surface area (TPSA) is 75.7 Å². The minimum absolute atomic E-state index is 0.0158. The van der Waals surface area contributed by atoms with Crippen LogP contribution in [0.3, 0.4) is 0 Å². The number of likely N-dealkylation sites (N-methyl/N-ethyl adjacent to an activating group) is 1. The van der Waals surface area contributed by atoms with Gasteiger partial charge < -0.3 is 10.1 Å². The first-order chi connectivity index (χ1) is 10.7. The summed E-state index contributed by atoms with van der Waals surface area (Å²) in [7, 11) is 0.435. The lowest BCUT2D eigenvalue weighted by Crippen LogP contribution is -2.49. The Kier molecular flexibility index (Phi) is 5.31. The van der Waals surface area contributed by atoms with Crippen molar-refractivity contribution in [3.05, 3.63) is 29.8 Å². The van der Waals surface area contributed by atoms with Gasteiger partial charge in [-0.1, -0.05) is 18.2 Å². The number of para-hydroxylation sites is 1. The van der Waals surface area contributed by atoms with Crippen molar-refractivity contribution in [3.8, 4) is 5.75 Å². The Balaban J connectivity index is 1.90. The highest BCUT2D eigenvalue weighted by Crippen LogP contribution is 2.23. The van der Waals surface area contributed by atoms with Crippen LogP contribution >= 0.6 is 0 Å². The minimum Gasteiger partial charge on any atom is -0.496 e. The maximum absolute atomic E-state index is 12.2. The van der Waals surface area contributed by atoms with Gasteiger partial charge in [0.15, 0.2) is 9.84 Å². The molecule has 6 nitrogen and oxygen atoms in total. The van der Waals surface area contributed by atoms with E-state index in [2.05, 4.69) is 5.32 Å². The highest BCUT2D eigenvalue weighted by molar-refractivity contribution is 7.91. The number of sulfone groups is 1. The fourth-order valence-corrected chi connectivity index (χ4v) is 5.00. The van der Waals surface area contributed by atoms with Gasteiger partial charge in [-0.15, -0.1) is 0 Å². The van der Waals surface area contributed by atoms with E-state index in [0.29, 0.717) is 13.0 Å². The molecule has 1 aromatic rings.